The van der Waals surface area contributed by atoms with Gasteiger partial charge in [-0.1, -0.05) is 12.1 Å². The molecule has 0 radical (unpaired) electrons. The van der Waals surface area contributed by atoms with Crippen LogP contribution in [0.1, 0.15) is 24.3 Å². The average Bonchev–Trinajstić information content (AvgIpc) is 2.93. The molecule has 3 nitrogen and oxygen atoms in total. The van der Waals surface area contributed by atoms with E-state index >= 15 is 0 Å². The first kappa shape index (κ1) is 14.0. The number of nitrogens with one attached hydrogen (secondary N) is 2. The molecule has 0 saturated carbocycles. The van der Waals surface area contributed by atoms with Crippen LogP contribution in [-0.4, -0.2) is 23.3 Å². The number of H-pyrrole nitrogens is 1. The van der Waals surface area contributed by atoms with Crippen molar-refractivity contribution < 1.29 is 4.39 Å². The summed E-state index contributed by atoms with van der Waals surface area (Å²) in [6, 6.07) is 5.52. The molecule has 1 aliphatic rings. The topological polar surface area (TPSA) is 40.7 Å². The van der Waals surface area contributed by atoms with E-state index < -0.39 is 0 Å². The molecule has 1 saturated heterocycles. The summed E-state index contributed by atoms with van der Waals surface area (Å²) in [4.78, 5) is 0. The highest BCUT2D eigenvalue weighted by Gasteiger charge is 2.18. The van der Waals surface area contributed by atoms with Gasteiger partial charge >= 0.3 is 0 Å². The Morgan fingerprint density at radius 3 is 2.58 bits per heavy atom. The maximum absolute atomic E-state index is 14.2. The molecule has 2 heterocycles. The van der Waals surface area contributed by atoms with Gasteiger partial charge in [0.1, 0.15) is 5.82 Å². The number of aromatic amines is 1. The van der Waals surface area contributed by atoms with Gasteiger partial charge in [0.05, 0.1) is 6.20 Å². The van der Waals surface area contributed by atoms with Crippen LogP contribution >= 0.6 is 12.4 Å². The zero-order valence-corrected chi connectivity index (χ0v) is 11.3. The van der Waals surface area contributed by atoms with E-state index in [1.807, 2.05) is 12.1 Å². The van der Waals surface area contributed by atoms with Crippen molar-refractivity contribution in [2.45, 2.75) is 18.8 Å². The predicted molar refractivity (Wildman–Crippen MR) is 76.1 cm³/mol. The van der Waals surface area contributed by atoms with Crippen molar-refractivity contribution in [1.82, 2.24) is 15.5 Å². The molecule has 1 aromatic carbocycles. The highest BCUT2D eigenvalue weighted by Crippen LogP contribution is 2.30. The van der Waals surface area contributed by atoms with Crippen LogP contribution in [0.3, 0.4) is 0 Å². The second-order valence-corrected chi connectivity index (χ2v) is 4.75. The summed E-state index contributed by atoms with van der Waals surface area (Å²) in [5.74, 6) is 0.255. The summed E-state index contributed by atoms with van der Waals surface area (Å²) in [5.41, 5.74) is 2.65. The van der Waals surface area contributed by atoms with Gasteiger partial charge in [0.2, 0.25) is 0 Å². The van der Waals surface area contributed by atoms with Crippen molar-refractivity contribution in [3.05, 3.63) is 42.0 Å². The van der Waals surface area contributed by atoms with Crippen molar-refractivity contribution in [2.24, 2.45) is 0 Å². The molecule has 102 valence electrons. The fourth-order valence-corrected chi connectivity index (χ4v) is 2.58. The molecule has 0 spiro atoms. The van der Waals surface area contributed by atoms with Gasteiger partial charge in [-0.2, -0.15) is 5.10 Å². The normalized spacial score (nSPS) is 16.1. The highest BCUT2D eigenvalue weighted by atomic mass is 35.5. The summed E-state index contributed by atoms with van der Waals surface area (Å²) in [7, 11) is 0. The average molecular weight is 282 g/mol. The van der Waals surface area contributed by atoms with E-state index in [1.54, 1.807) is 18.5 Å². The summed E-state index contributed by atoms with van der Waals surface area (Å²) >= 11 is 0. The lowest BCUT2D eigenvalue weighted by Crippen LogP contribution is -2.27. The van der Waals surface area contributed by atoms with Gasteiger partial charge in [-0.05, 0) is 49.0 Å². The Kier molecular flexibility index (Phi) is 4.56. The third kappa shape index (κ3) is 2.96. The Hall–Kier alpha value is -1.39. The van der Waals surface area contributed by atoms with Crippen molar-refractivity contribution in [3.63, 3.8) is 0 Å². The van der Waals surface area contributed by atoms with Crippen LogP contribution in [0.4, 0.5) is 4.39 Å². The van der Waals surface area contributed by atoms with Gasteiger partial charge in [-0.15, -0.1) is 12.4 Å². The molecule has 5 heteroatoms. The van der Waals surface area contributed by atoms with Crippen LogP contribution in [-0.2, 0) is 0 Å². The first-order valence-corrected chi connectivity index (χ1v) is 6.34. The maximum atomic E-state index is 14.2. The molecule has 0 bridgehead atoms. The minimum atomic E-state index is -0.0967. The van der Waals surface area contributed by atoms with E-state index in [0.29, 0.717) is 5.92 Å². The minimum Gasteiger partial charge on any atom is -0.317 e. The number of benzene rings is 1. The zero-order valence-electron chi connectivity index (χ0n) is 10.5. The van der Waals surface area contributed by atoms with E-state index in [9.17, 15) is 4.39 Å². The predicted octanol–water partition coefficient (Wildman–Crippen LogP) is 3.10. The van der Waals surface area contributed by atoms with Crippen LogP contribution in [0.15, 0.2) is 30.6 Å². The molecule has 0 aliphatic carbocycles. The quantitative estimate of drug-likeness (QED) is 0.888. The SMILES string of the molecule is Cl.Fc1cc(-c2cn[nH]c2)ccc1C1CCNCC1. The largest absolute Gasteiger partial charge is 0.317 e. The van der Waals surface area contributed by atoms with Crippen molar-refractivity contribution in [1.29, 1.82) is 0 Å². The van der Waals surface area contributed by atoms with Crippen molar-refractivity contribution in [3.8, 4) is 11.1 Å². The second kappa shape index (κ2) is 6.17. The number of hydrogen-bond donors (Lipinski definition) is 2. The number of hydrogen-bond acceptors (Lipinski definition) is 2. The molecule has 1 aromatic heterocycles. The van der Waals surface area contributed by atoms with Crippen molar-refractivity contribution in [2.75, 3.05) is 13.1 Å². The van der Waals surface area contributed by atoms with Gasteiger partial charge in [0, 0.05) is 11.8 Å². The first-order valence-electron chi connectivity index (χ1n) is 6.34. The number of halogens is 2. The molecular weight excluding hydrogens is 265 g/mol. The summed E-state index contributed by atoms with van der Waals surface area (Å²) in [6.45, 7) is 1.96. The number of piperidine rings is 1. The third-order valence-corrected chi connectivity index (χ3v) is 3.61. The van der Waals surface area contributed by atoms with Gasteiger partial charge < -0.3 is 5.32 Å². The number of nitrogens with zero attached hydrogens (tertiary/aromatic N) is 1. The number of rotatable bonds is 2. The summed E-state index contributed by atoms with van der Waals surface area (Å²) in [5, 5.41) is 9.93. The van der Waals surface area contributed by atoms with Gasteiger partial charge in [-0.3, -0.25) is 5.10 Å². The van der Waals surface area contributed by atoms with E-state index in [0.717, 1.165) is 42.6 Å². The Balaban J connectivity index is 0.00000133. The van der Waals surface area contributed by atoms with Crippen LogP contribution in [0.5, 0.6) is 0 Å². The van der Waals surface area contributed by atoms with Crippen LogP contribution in [0.25, 0.3) is 11.1 Å². The van der Waals surface area contributed by atoms with Gasteiger partial charge in [0.25, 0.3) is 0 Å². The van der Waals surface area contributed by atoms with Gasteiger partial charge in [-0.25, -0.2) is 4.39 Å². The molecule has 0 amide bonds. The zero-order chi connectivity index (χ0) is 12.4. The van der Waals surface area contributed by atoms with E-state index in [4.69, 9.17) is 0 Å². The van der Waals surface area contributed by atoms with Crippen molar-refractivity contribution >= 4 is 12.4 Å². The minimum absolute atomic E-state index is 0. The molecule has 0 atom stereocenters. The Morgan fingerprint density at radius 2 is 1.95 bits per heavy atom. The maximum Gasteiger partial charge on any atom is 0.127 e. The molecule has 3 rings (SSSR count). The lowest BCUT2D eigenvalue weighted by Gasteiger charge is -2.23. The van der Waals surface area contributed by atoms with Crippen LogP contribution in [0.2, 0.25) is 0 Å². The van der Waals surface area contributed by atoms with Crippen LogP contribution in [0, 0.1) is 5.82 Å². The molecule has 19 heavy (non-hydrogen) atoms. The van der Waals surface area contributed by atoms with E-state index in [1.165, 1.54) is 0 Å². The highest BCUT2D eigenvalue weighted by molar-refractivity contribution is 5.85. The lowest BCUT2D eigenvalue weighted by atomic mass is 9.89. The fraction of sp³-hybridized carbons (Fsp3) is 0.357. The Bertz CT molecular complexity index is 521. The standard InChI is InChI=1S/C14H16FN3.ClH/c15-14-7-11(12-8-17-18-9-12)1-2-13(14)10-3-5-16-6-4-10;/h1-2,7-10,16H,3-6H2,(H,17,18);1H. The van der Waals surface area contributed by atoms with Crippen LogP contribution < -0.4 is 5.32 Å². The van der Waals surface area contributed by atoms with E-state index in [2.05, 4.69) is 15.5 Å². The molecule has 1 aliphatic heterocycles. The first-order chi connectivity index (χ1) is 8.84. The Labute approximate surface area is 118 Å². The lowest BCUT2D eigenvalue weighted by molar-refractivity contribution is 0.445. The summed E-state index contributed by atoms with van der Waals surface area (Å²) < 4.78 is 14.2. The molecular formula is C14H17ClFN3. The van der Waals surface area contributed by atoms with E-state index in [-0.39, 0.29) is 18.2 Å². The molecule has 0 unspecified atom stereocenters. The summed E-state index contributed by atoms with van der Waals surface area (Å²) in [6.07, 6.45) is 5.52. The molecule has 2 N–H and O–H groups in total. The second-order valence-electron chi connectivity index (χ2n) is 4.75. The monoisotopic (exact) mass is 281 g/mol. The molecule has 1 fully saturated rings. The number of aromatic nitrogens is 2. The Morgan fingerprint density at radius 1 is 1.16 bits per heavy atom. The van der Waals surface area contributed by atoms with Gasteiger partial charge in [0.15, 0.2) is 0 Å². The third-order valence-electron chi connectivity index (χ3n) is 3.61. The smallest absolute Gasteiger partial charge is 0.127 e. The fourth-order valence-electron chi connectivity index (χ4n) is 2.58. The molecule has 2 aromatic rings.